The van der Waals surface area contributed by atoms with E-state index in [9.17, 15) is 10.2 Å². The van der Waals surface area contributed by atoms with Crippen molar-refractivity contribution in [2.45, 2.75) is 130 Å². The van der Waals surface area contributed by atoms with Gasteiger partial charge in [0, 0.05) is 88.7 Å². The highest BCUT2D eigenvalue weighted by molar-refractivity contribution is 5.48. The maximum Gasteiger partial charge on any atom is 0.0622 e. The first kappa shape index (κ1) is 48.0. The zero-order chi connectivity index (χ0) is 42.9. The van der Waals surface area contributed by atoms with Gasteiger partial charge in [-0.05, 0) is 239 Å². The molecule has 4 aliphatic rings. The Morgan fingerprint density at radius 2 is 1.05 bits per heavy atom. The molecule has 0 heterocycles. The van der Waals surface area contributed by atoms with E-state index >= 15 is 0 Å². The topological polar surface area (TPSA) is 74.6 Å². The molecule has 0 bridgehead atoms. The van der Waals surface area contributed by atoms with Crippen molar-refractivity contribution in [3.63, 3.8) is 0 Å². The number of hydrogen-bond acceptors (Lipinski definition) is 4. The van der Waals surface area contributed by atoms with Crippen molar-refractivity contribution in [3.05, 3.63) is 9.93 Å². The molecular formula is C54H96O4. The Morgan fingerprint density at radius 1 is 0.621 bits per heavy atom. The van der Waals surface area contributed by atoms with Crippen LogP contribution in [0.2, 0.25) is 0 Å². The van der Waals surface area contributed by atoms with Crippen molar-refractivity contribution < 1.29 is 41.6 Å². The van der Waals surface area contributed by atoms with Gasteiger partial charge in [0.15, 0.2) is 0 Å². The van der Waals surface area contributed by atoms with Gasteiger partial charge in [-0.3, -0.25) is 0 Å². The Labute approximate surface area is 382 Å². The molecule has 336 valence electrons. The van der Waals surface area contributed by atoms with E-state index in [0.717, 1.165) is 54.8 Å². The molecule has 0 aromatic heterocycles. The van der Waals surface area contributed by atoms with Crippen LogP contribution in [0.25, 0.3) is 0 Å². The van der Waals surface area contributed by atoms with Gasteiger partial charge in [0.05, 0.1) is 11.2 Å². The first-order valence-corrected chi connectivity index (χ1v) is 19.8. The van der Waals surface area contributed by atoms with Crippen LogP contribution in [0.15, 0.2) is 0 Å². The molecule has 58 heavy (non-hydrogen) atoms. The van der Waals surface area contributed by atoms with Crippen LogP contribution in [-0.4, -0.2) is 21.4 Å². The molecule has 0 spiro atoms. The quantitative estimate of drug-likeness (QED) is 0.277. The van der Waals surface area contributed by atoms with E-state index in [1.807, 2.05) is 13.8 Å². The fraction of sp³-hybridized carbons (Fsp3) is 0.519. The second kappa shape index (κ2) is 24.4. The highest BCUT2D eigenvalue weighted by atomic mass is 16.7. The predicted octanol–water partition coefficient (Wildman–Crippen LogP) is 12.7. The summed E-state index contributed by atoms with van der Waals surface area (Å²) in [7, 11) is 0. The van der Waals surface area contributed by atoms with Gasteiger partial charge in [-0.2, -0.15) is 0 Å². The largest absolute Gasteiger partial charge is 0.390 e. The third-order valence-corrected chi connectivity index (χ3v) is 12.5. The lowest BCUT2D eigenvalue weighted by molar-refractivity contribution is -0.148. The minimum Gasteiger partial charge on any atom is -0.390 e. The standard InChI is InChI=1S/C27H48O2.C27H4.O2.22H2/c1-18(11-13-24(2,3)28)21-9-10-22-20-8-7-19-17-25(4,29)15-16-26(19,5)23(20)12-14-27(21,22)6;1-3-5-7-9-11-13-15-17-19-21-23-25-27-26-24-22-20-18-16-14-12-10-8-6-4-2;1-2;;;;;;;;;;;;;;;;;;;;;;/h18-23,28-29H,7-17H2,1-6H3;1H,2H3;;22*1H/t18-,19+,20+,21-,22+,23+,25+,26+,27-;;;;;;;;;;;;;;;;;;;;;;;;/m1......................../s1. The van der Waals surface area contributed by atoms with Gasteiger partial charge in [-0.1, -0.05) is 26.7 Å². The van der Waals surface area contributed by atoms with Crippen molar-refractivity contribution in [2.75, 3.05) is 0 Å². The van der Waals surface area contributed by atoms with E-state index in [-0.39, 0.29) is 31.4 Å². The highest BCUT2D eigenvalue weighted by Gasteiger charge is 2.61. The zero-order valence-corrected chi connectivity index (χ0v) is 35.0. The lowest BCUT2D eigenvalue weighted by atomic mass is 9.43. The summed E-state index contributed by atoms with van der Waals surface area (Å²) in [5.41, 5.74) is 0.0369. The van der Waals surface area contributed by atoms with Crippen LogP contribution in [0.1, 0.15) is 150 Å². The van der Waals surface area contributed by atoms with E-state index in [4.69, 9.17) is 16.4 Å². The van der Waals surface area contributed by atoms with E-state index < -0.39 is 11.2 Å². The third kappa shape index (κ3) is 15.4. The lowest BCUT2D eigenvalue weighted by Crippen LogP contribution is -2.55. The van der Waals surface area contributed by atoms with E-state index in [1.54, 1.807) is 6.92 Å². The number of terminal acetylenes is 1. The molecule has 4 heteroatoms. The van der Waals surface area contributed by atoms with Gasteiger partial charge in [-0.15, -0.1) is 6.42 Å². The van der Waals surface area contributed by atoms with Crippen molar-refractivity contribution >= 4 is 0 Å². The fourth-order valence-electron chi connectivity index (χ4n) is 9.94. The molecule has 9 atom stereocenters. The molecule has 4 rings (SSSR count). The summed E-state index contributed by atoms with van der Waals surface area (Å²) >= 11 is 0. The maximum absolute atomic E-state index is 10.7. The second-order valence-electron chi connectivity index (χ2n) is 16.7. The van der Waals surface area contributed by atoms with Crippen molar-refractivity contribution in [1.29, 1.82) is 0 Å². The van der Waals surface area contributed by atoms with E-state index in [0.29, 0.717) is 10.8 Å². The van der Waals surface area contributed by atoms with Gasteiger partial charge in [0.2, 0.25) is 0 Å². The summed E-state index contributed by atoms with van der Waals surface area (Å²) in [5.74, 6) is 66.9. The smallest absolute Gasteiger partial charge is 0.0622 e. The van der Waals surface area contributed by atoms with Crippen molar-refractivity contribution in [3.8, 4) is 154 Å². The molecule has 0 aliphatic heterocycles. The van der Waals surface area contributed by atoms with Gasteiger partial charge in [0.25, 0.3) is 0 Å². The number of rotatable bonds is 4. The average molecular weight is 809 g/mol. The summed E-state index contributed by atoms with van der Waals surface area (Å²) in [6.07, 6.45) is 18.7. The van der Waals surface area contributed by atoms with Gasteiger partial charge < -0.3 is 10.2 Å². The summed E-state index contributed by atoms with van der Waals surface area (Å²) in [6.45, 7) is 15.4. The monoisotopic (exact) mass is 809 g/mol. The maximum atomic E-state index is 10.7. The second-order valence-corrected chi connectivity index (χ2v) is 16.7. The van der Waals surface area contributed by atoms with E-state index in [1.165, 1.54) is 51.4 Å². The molecule has 0 unspecified atom stereocenters. The molecule has 4 fully saturated rings. The molecule has 4 aliphatic carbocycles. The third-order valence-electron chi connectivity index (χ3n) is 12.5. The Kier molecular flexibility index (Phi) is 20.2. The van der Waals surface area contributed by atoms with Crippen LogP contribution in [0.4, 0.5) is 0 Å². The fourth-order valence-corrected chi connectivity index (χ4v) is 9.94. The first-order valence-electron chi connectivity index (χ1n) is 19.8. The molecule has 0 aromatic carbocycles. The van der Waals surface area contributed by atoms with Crippen LogP contribution in [0.5, 0.6) is 0 Å². The molecule has 4 saturated carbocycles. The molecule has 0 radical (unpaired) electrons. The normalized spacial score (nSPS) is 27.4. The predicted molar refractivity (Wildman–Crippen MR) is 282 cm³/mol. The summed E-state index contributed by atoms with van der Waals surface area (Å²) in [4.78, 5) is 14.0. The first-order chi connectivity index (χ1) is 27.8. The number of aliphatic hydroxyl groups is 2. The Bertz CT molecular complexity index is 2380. The highest BCUT2D eigenvalue weighted by Crippen LogP contribution is 2.68. The molecular weight excluding hydrogens is 713 g/mol. The SMILES string of the molecule is C#CC#CC#CC#CC#CC#CC#CC#CC#CC#CC#CC#CC#CC.C[C@H](CCC(C)(C)O)[C@H]1CC[C@H]2[C@@H]3CC[C@H]4C[C@@](C)(O)CC[C@]4(C)[C@H]3CC[C@]12C.O=O.[HH].[HH].[HH].[HH].[HH].[HH].[HH].[HH].[HH].[HH].[HH].[HH].[HH].[HH].[HH].[HH].[HH].[HH].[HH].[HH].[HH].[HH]. The van der Waals surface area contributed by atoms with Crippen LogP contribution < -0.4 is 0 Å². The van der Waals surface area contributed by atoms with Gasteiger partial charge in [0.1, 0.15) is 0 Å². The minimum absolute atomic E-state index is 0. The number of hydrogen-bond donors (Lipinski definition) is 2. The van der Waals surface area contributed by atoms with Gasteiger partial charge >= 0.3 is 0 Å². The van der Waals surface area contributed by atoms with E-state index in [2.05, 4.69) is 176 Å². The molecule has 0 saturated heterocycles. The Balaban J connectivity index is -0.0000000351. The zero-order valence-electron chi connectivity index (χ0n) is 35.0. The molecule has 0 aromatic rings. The Hall–Kier alpha value is -6.20. The van der Waals surface area contributed by atoms with Crippen LogP contribution in [0, 0.1) is 211 Å². The van der Waals surface area contributed by atoms with Crippen LogP contribution in [-0.2, 0) is 0 Å². The van der Waals surface area contributed by atoms with Crippen LogP contribution >= 0.6 is 0 Å². The Morgan fingerprint density at radius 3 is 1.48 bits per heavy atom. The lowest BCUT2D eigenvalue weighted by Gasteiger charge is -2.62. The van der Waals surface area contributed by atoms with Crippen molar-refractivity contribution in [1.82, 2.24) is 0 Å². The summed E-state index contributed by atoms with van der Waals surface area (Å²) < 4.78 is 0. The van der Waals surface area contributed by atoms with Crippen LogP contribution in [0.3, 0.4) is 0 Å². The molecule has 0 amide bonds. The van der Waals surface area contributed by atoms with Gasteiger partial charge in [-0.25, -0.2) is 0 Å². The van der Waals surface area contributed by atoms with Crippen molar-refractivity contribution in [2.24, 2.45) is 46.3 Å². The minimum atomic E-state index is -0.528. The molecule has 4 nitrogen and oxygen atoms in total. The summed E-state index contributed by atoms with van der Waals surface area (Å²) in [6, 6.07) is 0. The molecule has 2 N–H and O–H groups in total. The number of fused-ring (bicyclic) bond motifs is 5. The summed E-state index contributed by atoms with van der Waals surface area (Å²) in [5, 5.41) is 20.9. The average Bonchev–Trinajstić information content (AvgIpc) is 3.55.